The number of rotatable bonds is 5. The van der Waals surface area contributed by atoms with E-state index in [1.165, 1.54) is 11.3 Å². The molecule has 0 unspecified atom stereocenters. The number of piperazine rings is 1. The number of anilines is 2. The first-order valence-electron chi connectivity index (χ1n) is 7.70. The Labute approximate surface area is 145 Å². The summed E-state index contributed by atoms with van der Waals surface area (Å²) in [4.78, 5) is 13.2. The Bertz CT molecular complexity index is 674. The highest BCUT2D eigenvalue weighted by atomic mass is 32.1. The van der Waals surface area contributed by atoms with Gasteiger partial charge in [-0.05, 0) is 32.1 Å². The molecule has 2 aromatic heterocycles. The van der Waals surface area contributed by atoms with Crippen LogP contribution >= 0.6 is 23.6 Å². The van der Waals surface area contributed by atoms with Gasteiger partial charge in [-0.1, -0.05) is 11.3 Å². The van der Waals surface area contributed by atoms with Gasteiger partial charge in [-0.2, -0.15) is 0 Å². The van der Waals surface area contributed by atoms with E-state index in [1.807, 2.05) is 10.7 Å². The first kappa shape index (κ1) is 16.3. The van der Waals surface area contributed by atoms with Gasteiger partial charge in [0.05, 0.1) is 6.67 Å². The molecule has 1 fully saturated rings. The van der Waals surface area contributed by atoms with E-state index in [9.17, 15) is 0 Å². The van der Waals surface area contributed by atoms with Crippen molar-refractivity contribution in [3.8, 4) is 0 Å². The topological polar surface area (TPSA) is 62.1 Å². The van der Waals surface area contributed by atoms with Crippen LogP contribution in [0.1, 0.15) is 13.8 Å². The molecule has 23 heavy (non-hydrogen) atoms. The second kappa shape index (κ2) is 7.33. The van der Waals surface area contributed by atoms with Crippen LogP contribution in [-0.4, -0.2) is 56.9 Å². The number of nitrogens with zero attached hydrogens (tertiary/aromatic N) is 6. The SMILES string of the molecule is CC(C)Nc1nn(CN2CCN(c3ncccn3)CC2)c(=S)s1. The van der Waals surface area contributed by atoms with Crippen molar-refractivity contribution < 1.29 is 0 Å². The lowest BCUT2D eigenvalue weighted by Gasteiger charge is -2.34. The molecule has 0 aromatic carbocycles. The number of hydrogen-bond acceptors (Lipinski definition) is 8. The number of nitrogens with one attached hydrogen (secondary N) is 1. The van der Waals surface area contributed by atoms with Gasteiger partial charge in [0.1, 0.15) is 0 Å². The van der Waals surface area contributed by atoms with E-state index in [0.717, 1.165) is 47.9 Å². The highest BCUT2D eigenvalue weighted by molar-refractivity contribution is 7.73. The molecule has 0 bridgehead atoms. The minimum absolute atomic E-state index is 0.360. The molecular weight excluding hydrogens is 330 g/mol. The minimum atomic E-state index is 0.360. The molecular formula is C14H21N7S2. The van der Waals surface area contributed by atoms with E-state index in [1.54, 1.807) is 12.4 Å². The zero-order valence-electron chi connectivity index (χ0n) is 13.3. The van der Waals surface area contributed by atoms with E-state index < -0.39 is 0 Å². The van der Waals surface area contributed by atoms with Gasteiger partial charge >= 0.3 is 0 Å². The van der Waals surface area contributed by atoms with Crippen molar-refractivity contribution in [2.24, 2.45) is 0 Å². The molecule has 0 atom stereocenters. The van der Waals surface area contributed by atoms with Crippen LogP contribution in [0.2, 0.25) is 0 Å². The zero-order valence-corrected chi connectivity index (χ0v) is 15.0. The fraction of sp³-hybridized carbons (Fsp3) is 0.571. The molecule has 0 spiro atoms. The van der Waals surface area contributed by atoms with Crippen LogP contribution in [0.4, 0.5) is 11.1 Å². The summed E-state index contributed by atoms with van der Waals surface area (Å²) in [7, 11) is 0. The van der Waals surface area contributed by atoms with Crippen LogP contribution in [0, 0.1) is 3.95 Å². The van der Waals surface area contributed by atoms with Gasteiger partial charge in [0.25, 0.3) is 0 Å². The van der Waals surface area contributed by atoms with Crippen LogP contribution in [-0.2, 0) is 6.67 Å². The molecule has 2 aromatic rings. The van der Waals surface area contributed by atoms with E-state index in [0.29, 0.717) is 6.04 Å². The van der Waals surface area contributed by atoms with Crippen LogP contribution in [0.5, 0.6) is 0 Å². The predicted molar refractivity (Wildman–Crippen MR) is 95.5 cm³/mol. The highest BCUT2D eigenvalue weighted by Crippen LogP contribution is 2.16. The van der Waals surface area contributed by atoms with Gasteiger partial charge in [0, 0.05) is 44.6 Å². The standard InChI is InChI=1S/C14H21N7S2/c1-11(2)17-13-18-21(14(22)23-13)10-19-6-8-20(9-7-19)12-15-4-3-5-16-12/h3-5,11H,6-10H2,1-2H3,(H,17,18). The third-order valence-corrected chi connectivity index (χ3v) is 4.80. The Balaban J connectivity index is 1.57. The Hall–Kier alpha value is -1.58. The first-order chi connectivity index (χ1) is 11.1. The van der Waals surface area contributed by atoms with E-state index in [-0.39, 0.29) is 0 Å². The van der Waals surface area contributed by atoms with Crippen LogP contribution in [0.15, 0.2) is 18.5 Å². The molecule has 0 saturated carbocycles. The summed E-state index contributed by atoms with van der Waals surface area (Å²) in [6, 6.07) is 2.20. The average molecular weight is 352 g/mol. The third kappa shape index (κ3) is 4.24. The van der Waals surface area contributed by atoms with Crippen molar-refractivity contribution in [3.63, 3.8) is 0 Å². The normalized spacial score (nSPS) is 16.0. The zero-order chi connectivity index (χ0) is 16.2. The summed E-state index contributed by atoms with van der Waals surface area (Å²) in [6.45, 7) is 8.66. The molecule has 1 aliphatic rings. The molecule has 1 aliphatic heterocycles. The Kier molecular flexibility index (Phi) is 5.19. The Morgan fingerprint density at radius 2 is 1.91 bits per heavy atom. The summed E-state index contributed by atoms with van der Waals surface area (Å²) in [5.74, 6) is 0.806. The van der Waals surface area contributed by atoms with Crippen LogP contribution in [0.3, 0.4) is 0 Å². The largest absolute Gasteiger partial charge is 0.358 e. The fourth-order valence-corrected chi connectivity index (χ4v) is 3.57. The molecule has 1 N–H and O–H groups in total. The van der Waals surface area contributed by atoms with Crippen molar-refractivity contribution in [3.05, 3.63) is 22.4 Å². The molecule has 0 aliphatic carbocycles. The molecule has 0 amide bonds. The Morgan fingerprint density at radius 3 is 2.57 bits per heavy atom. The summed E-state index contributed by atoms with van der Waals surface area (Å²) >= 11 is 6.94. The monoisotopic (exact) mass is 351 g/mol. The molecule has 3 rings (SSSR count). The molecule has 9 heteroatoms. The maximum absolute atomic E-state index is 5.42. The van der Waals surface area contributed by atoms with Gasteiger partial charge in [-0.25, -0.2) is 14.6 Å². The first-order valence-corrected chi connectivity index (χ1v) is 8.93. The third-order valence-electron chi connectivity index (χ3n) is 3.56. The van der Waals surface area contributed by atoms with Crippen molar-refractivity contribution in [1.82, 2.24) is 24.6 Å². The molecule has 3 heterocycles. The molecule has 7 nitrogen and oxygen atoms in total. The summed E-state index contributed by atoms with van der Waals surface area (Å²) in [5, 5.41) is 8.76. The van der Waals surface area contributed by atoms with E-state index in [2.05, 4.69) is 44.0 Å². The average Bonchev–Trinajstić information content (AvgIpc) is 2.87. The molecule has 1 saturated heterocycles. The van der Waals surface area contributed by atoms with Gasteiger partial charge < -0.3 is 10.2 Å². The van der Waals surface area contributed by atoms with Gasteiger partial charge in [0.2, 0.25) is 11.1 Å². The smallest absolute Gasteiger partial charge is 0.225 e. The summed E-state index contributed by atoms with van der Waals surface area (Å²) < 4.78 is 2.71. The van der Waals surface area contributed by atoms with Crippen molar-refractivity contribution in [1.29, 1.82) is 0 Å². The van der Waals surface area contributed by atoms with Crippen LogP contribution in [0.25, 0.3) is 0 Å². The summed E-state index contributed by atoms with van der Waals surface area (Å²) in [6.07, 6.45) is 3.57. The lowest BCUT2D eigenvalue weighted by Crippen LogP contribution is -2.47. The van der Waals surface area contributed by atoms with Crippen molar-refractivity contribution in [2.75, 3.05) is 36.4 Å². The van der Waals surface area contributed by atoms with Crippen molar-refractivity contribution >= 4 is 34.6 Å². The van der Waals surface area contributed by atoms with Gasteiger partial charge in [-0.3, -0.25) is 4.90 Å². The Morgan fingerprint density at radius 1 is 1.22 bits per heavy atom. The van der Waals surface area contributed by atoms with Gasteiger partial charge in [0.15, 0.2) is 3.95 Å². The maximum Gasteiger partial charge on any atom is 0.225 e. The molecule has 0 radical (unpaired) electrons. The maximum atomic E-state index is 5.42. The van der Waals surface area contributed by atoms with Crippen molar-refractivity contribution in [2.45, 2.75) is 26.6 Å². The number of aromatic nitrogens is 4. The predicted octanol–water partition coefficient (Wildman–Crippen LogP) is 2.06. The van der Waals surface area contributed by atoms with Crippen LogP contribution < -0.4 is 10.2 Å². The van der Waals surface area contributed by atoms with E-state index >= 15 is 0 Å². The second-order valence-electron chi connectivity index (χ2n) is 5.77. The van der Waals surface area contributed by atoms with E-state index in [4.69, 9.17) is 12.2 Å². The lowest BCUT2D eigenvalue weighted by molar-refractivity contribution is 0.194. The fourth-order valence-electron chi connectivity index (χ4n) is 2.43. The summed E-state index contributed by atoms with van der Waals surface area (Å²) in [5.41, 5.74) is 0. The molecule has 124 valence electrons. The quantitative estimate of drug-likeness (QED) is 0.827. The second-order valence-corrected chi connectivity index (χ2v) is 7.39. The highest BCUT2D eigenvalue weighted by Gasteiger charge is 2.19. The van der Waals surface area contributed by atoms with Gasteiger partial charge in [-0.15, -0.1) is 5.10 Å². The number of hydrogen-bond donors (Lipinski definition) is 1. The minimum Gasteiger partial charge on any atom is -0.358 e. The lowest BCUT2D eigenvalue weighted by atomic mass is 10.3.